The van der Waals surface area contributed by atoms with Crippen molar-refractivity contribution in [1.82, 2.24) is 15.6 Å². The molecule has 1 aromatic carbocycles. The molecule has 6 heteroatoms. The third-order valence-electron chi connectivity index (χ3n) is 4.03. The van der Waals surface area contributed by atoms with Gasteiger partial charge in [-0.1, -0.05) is 36.4 Å². The van der Waals surface area contributed by atoms with Crippen molar-refractivity contribution in [3.05, 3.63) is 66.0 Å². The molecule has 4 nitrogen and oxygen atoms in total. The second-order valence-corrected chi connectivity index (χ2v) is 5.65. The highest BCUT2D eigenvalue weighted by atomic mass is 35.5. The van der Waals surface area contributed by atoms with Gasteiger partial charge in [-0.05, 0) is 37.1 Å². The fourth-order valence-electron chi connectivity index (χ4n) is 2.85. The van der Waals surface area contributed by atoms with E-state index < -0.39 is 0 Å². The Kier molecular flexibility index (Phi) is 8.76. The lowest BCUT2D eigenvalue weighted by Gasteiger charge is -2.21. The molecule has 2 atom stereocenters. The van der Waals surface area contributed by atoms with Crippen LogP contribution < -0.4 is 10.6 Å². The standard InChI is InChI=1S/C18H21N3O.2ClH/c22-18(16-10-6-12-20-16)21-17(14-7-2-1-3-8-14)13-15-9-4-5-11-19-15;;/h1-5,7-9,11,16-17,20H,6,10,12-13H2,(H,21,22);2*1H/t16?,17-;;/m0../s1. The van der Waals surface area contributed by atoms with E-state index >= 15 is 0 Å². The molecule has 0 bridgehead atoms. The molecule has 2 N–H and O–H groups in total. The monoisotopic (exact) mass is 367 g/mol. The quantitative estimate of drug-likeness (QED) is 0.853. The third kappa shape index (κ3) is 5.48. The van der Waals surface area contributed by atoms with Crippen molar-refractivity contribution in [3.8, 4) is 0 Å². The molecule has 3 rings (SSSR count). The number of rotatable bonds is 5. The van der Waals surface area contributed by atoms with E-state index in [4.69, 9.17) is 0 Å². The van der Waals surface area contributed by atoms with Gasteiger partial charge in [0.2, 0.25) is 5.91 Å². The molecule has 0 spiro atoms. The number of hydrogen-bond donors (Lipinski definition) is 2. The van der Waals surface area contributed by atoms with Gasteiger partial charge in [0.25, 0.3) is 0 Å². The number of hydrogen-bond acceptors (Lipinski definition) is 3. The summed E-state index contributed by atoms with van der Waals surface area (Å²) in [6.07, 6.45) is 4.46. The minimum atomic E-state index is -0.0602. The van der Waals surface area contributed by atoms with Crippen LogP contribution in [0.25, 0.3) is 0 Å². The number of benzene rings is 1. The fourth-order valence-corrected chi connectivity index (χ4v) is 2.85. The highest BCUT2D eigenvalue weighted by Gasteiger charge is 2.25. The lowest BCUT2D eigenvalue weighted by Crippen LogP contribution is -2.42. The molecule has 2 aromatic rings. The summed E-state index contributed by atoms with van der Waals surface area (Å²) in [4.78, 5) is 16.8. The molecule has 2 heterocycles. The van der Waals surface area contributed by atoms with E-state index in [0.717, 1.165) is 30.6 Å². The number of nitrogens with one attached hydrogen (secondary N) is 2. The largest absolute Gasteiger partial charge is 0.348 e. The first-order valence-corrected chi connectivity index (χ1v) is 7.81. The van der Waals surface area contributed by atoms with Crippen molar-refractivity contribution in [1.29, 1.82) is 0 Å². The summed E-state index contributed by atoms with van der Waals surface area (Å²) in [5, 5.41) is 6.43. The van der Waals surface area contributed by atoms with E-state index in [2.05, 4.69) is 27.8 Å². The number of amides is 1. The lowest BCUT2D eigenvalue weighted by atomic mass is 10.0. The van der Waals surface area contributed by atoms with Gasteiger partial charge in [0.15, 0.2) is 0 Å². The molecule has 1 fully saturated rings. The molecule has 1 aliphatic heterocycles. The number of pyridine rings is 1. The normalized spacial score (nSPS) is 17.2. The molecule has 1 unspecified atom stereocenters. The van der Waals surface area contributed by atoms with Crippen molar-refractivity contribution >= 4 is 30.7 Å². The first-order chi connectivity index (χ1) is 10.8. The maximum atomic E-state index is 12.4. The Labute approximate surface area is 155 Å². The molecule has 1 amide bonds. The van der Waals surface area contributed by atoms with Gasteiger partial charge < -0.3 is 10.6 Å². The number of carbonyl (C=O) groups is 1. The van der Waals surface area contributed by atoms with Crippen LogP contribution in [0.3, 0.4) is 0 Å². The summed E-state index contributed by atoms with van der Waals surface area (Å²) in [6.45, 7) is 0.925. The third-order valence-corrected chi connectivity index (χ3v) is 4.03. The fraction of sp³-hybridized carbons (Fsp3) is 0.333. The zero-order valence-corrected chi connectivity index (χ0v) is 15.0. The highest BCUT2D eigenvalue weighted by molar-refractivity contribution is 5.85. The first-order valence-electron chi connectivity index (χ1n) is 7.81. The number of nitrogens with zero attached hydrogens (tertiary/aromatic N) is 1. The van der Waals surface area contributed by atoms with E-state index in [1.165, 1.54) is 0 Å². The van der Waals surface area contributed by atoms with Crippen molar-refractivity contribution in [2.75, 3.05) is 6.54 Å². The van der Waals surface area contributed by atoms with Crippen LogP contribution >= 0.6 is 24.8 Å². The molecule has 130 valence electrons. The van der Waals surface area contributed by atoms with Crippen LogP contribution in [0.15, 0.2) is 54.7 Å². The van der Waals surface area contributed by atoms with E-state index in [1.807, 2.05) is 36.4 Å². The average Bonchev–Trinajstić information content (AvgIpc) is 3.11. The zero-order chi connectivity index (χ0) is 15.2. The summed E-state index contributed by atoms with van der Waals surface area (Å²) >= 11 is 0. The Hall–Kier alpha value is -1.62. The molecule has 0 saturated carbocycles. The van der Waals surface area contributed by atoms with Gasteiger partial charge in [-0.2, -0.15) is 0 Å². The van der Waals surface area contributed by atoms with Crippen LogP contribution in [0.2, 0.25) is 0 Å². The van der Waals surface area contributed by atoms with E-state index in [9.17, 15) is 4.79 Å². The Morgan fingerprint density at radius 2 is 1.92 bits per heavy atom. The summed E-state index contributed by atoms with van der Waals surface area (Å²) < 4.78 is 0. The van der Waals surface area contributed by atoms with Crippen LogP contribution in [-0.4, -0.2) is 23.5 Å². The van der Waals surface area contributed by atoms with Gasteiger partial charge in [-0.3, -0.25) is 9.78 Å². The minimum absolute atomic E-state index is 0. The van der Waals surface area contributed by atoms with Gasteiger partial charge in [0, 0.05) is 18.3 Å². The SMILES string of the molecule is Cl.Cl.O=C(N[C@@H](Cc1ccccn1)c1ccccc1)C1CCCN1. The highest BCUT2D eigenvalue weighted by Crippen LogP contribution is 2.18. The molecule has 0 aliphatic carbocycles. The predicted molar refractivity (Wildman–Crippen MR) is 101 cm³/mol. The predicted octanol–water partition coefficient (Wildman–Crippen LogP) is 3.08. The molecular weight excluding hydrogens is 345 g/mol. The molecular formula is C18H23Cl2N3O. The summed E-state index contributed by atoms with van der Waals surface area (Å²) in [7, 11) is 0. The zero-order valence-electron chi connectivity index (χ0n) is 13.4. The topological polar surface area (TPSA) is 54.0 Å². The van der Waals surface area contributed by atoms with Gasteiger partial charge in [0.1, 0.15) is 0 Å². The van der Waals surface area contributed by atoms with Crippen LogP contribution in [-0.2, 0) is 11.2 Å². The van der Waals surface area contributed by atoms with Gasteiger partial charge >= 0.3 is 0 Å². The van der Waals surface area contributed by atoms with Crippen LogP contribution in [0.1, 0.15) is 30.1 Å². The van der Waals surface area contributed by atoms with E-state index in [1.54, 1.807) is 6.20 Å². The Morgan fingerprint density at radius 1 is 1.17 bits per heavy atom. The Morgan fingerprint density at radius 3 is 2.54 bits per heavy atom. The number of carbonyl (C=O) groups excluding carboxylic acids is 1. The maximum absolute atomic E-state index is 12.4. The van der Waals surface area contributed by atoms with Crippen molar-refractivity contribution in [2.24, 2.45) is 0 Å². The van der Waals surface area contributed by atoms with Crippen molar-refractivity contribution in [3.63, 3.8) is 0 Å². The molecule has 1 aliphatic rings. The minimum Gasteiger partial charge on any atom is -0.348 e. The van der Waals surface area contributed by atoms with E-state index in [0.29, 0.717) is 6.42 Å². The molecule has 1 aromatic heterocycles. The van der Waals surface area contributed by atoms with Gasteiger partial charge in [0.05, 0.1) is 12.1 Å². The summed E-state index contributed by atoms with van der Waals surface area (Å²) in [5.74, 6) is 0.0854. The molecule has 24 heavy (non-hydrogen) atoms. The van der Waals surface area contributed by atoms with Crippen LogP contribution in [0, 0.1) is 0 Å². The smallest absolute Gasteiger partial charge is 0.237 e. The summed E-state index contributed by atoms with van der Waals surface area (Å²) in [5.41, 5.74) is 2.09. The van der Waals surface area contributed by atoms with Crippen LogP contribution in [0.5, 0.6) is 0 Å². The average molecular weight is 368 g/mol. The second kappa shape index (κ2) is 10.3. The van der Waals surface area contributed by atoms with Crippen molar-refractivity contribution in [2.45, 2.75) is 31.3 Å². The van der Waals surface area contributed by atoms with Crippen molar-refractivity contribution < 1.29 is 4.79 Å². The summed E-state index contributed by atoms with van der Waals surface area (Å²) in [6, 6.07) is 15.9. The molecule has 1 saturated heterocycles. The number of halogens is 2. The Balaban J connectivity index is 0.00000144. The van der Waals surface area contributed by atoms with Gasteiger partial charge in [-0.25, -0.2) is 0 Å². The van der Waals surface area contributed by atoms with Gasteiger partial charge in [-0.15, -0.1) is 24.8 Å². The maximum Gasteiger partial charge on any atom is 0.237 e. The first kappa shape index (κ1) is 20.4. The number of aromatic nitrogens is 1. The lowest BCUT2D eigenvalue weighted by molar-refractivity contribution is -0.123. The Bertz CT molecular complexity index is 604. The second-order valence-electron chi connectivity index (χ2n) is 5.65. The van der Waals surface area contributed by atoms with E-state index in [-0.39, 0.29) is 42.8 Å². The molecule has 0 radical (unpaired) electrons. The van der Waals surface area contributed by atoms with Crippen LogP contribution in [0.4, 0.5) is 0 Å².